The second-order valence-corrected chi connectivity index (χ2v) is 20.2. The summed E-state index contributed by atoms with van der Waals surface area (Å²) in [7, 11) is 0. The van der Waals surface area contributed by atoms with Gasteiger partial charge in [0, 0.05) is 22.4 Å². The van der Waals surface area contributed by atoms with Crippen molar-refractivity contribution in [1.29, 1.82) is 0 Å². The van der Waals surface area contributed by atoms with E-state index in [-0.39, 0.29) is 27.1 Å². The van der Waals surface area contributed by atoms with Gasteiger partial charge in [0.25, 0.3) is 0 Å². The predicted molar refractivity (Wildman–Crippen MR) is 229 cm³/mol. The fraction of sp³-hybridized carbons (Fsp3) is 0.423. The highest BCUT2D eigenvalue weighted by molar-refractivity contribution is 5.95. The summed E-state index contributed by atoms with van der Waals surface area (Å²) in [5, 5.41) is 0. The summed E-state index contributed by atoms with van der Waals surface area (Å²) in [6, 6.07) is 38.1. The quantitative estimate of drug-likeness (QED) is 0.176. The summed E-state index contributed by atoms with van der Waals surface area (Å²) in [6.07, 6.45) is 4.82. The van der Waals surface area contributed by atoms with Crippen LogP contribution in [-0.2, 0) is 27.1 Å². The first-order valence-corrected chi connectivity index (χ1v) is 20.3. The molecular formula is C52H61N. The van der Waals surface area contributed by atoms with Crippen LogP contribution in [0.4, 0.5) is 17.1 Å². The van der Waals surface area contributed by atoms with Gasteiger partial charge < -0.3 is 4.90 Å². The van der Waals surface area contributed by atoms with Gasteiger partial charge in [0.1, 0.15) is 0 Å². The van der Waals surface area contributed by atoms with Crippen molar-refractivity contribution < 1.29 is 0 Å². The molecule has 5 aromatic rings. The van der Waals surface area contributed by atoms with Gasteiger partial charge in [-0.3, -0.25) is 0 Å². The van der Waals surface area contributed by atoms with Gasteiger partial charge >= 0.3 is 0 Å². The lowest BCUT2D eigenvalue weighted by Gasteiger charge is -2.44. The molecule has 5 aromatic carbocycles. The fourth-order valence-corrected chi connectivity index (χ4v) is 10.2. The molecule has 0 heterocycles. The van der Waals surface area contributed by atoms with E-state index in [1.165, 1.54) is 104 Å². The van der Waals surface area contributed by atoms with E-state index in [2.05, 4.69) is 185 Å². The van der Waals surface area contributed by atoms with Gasteiger partial charge in [0.2, 0.25) is 0 Å². The molecule has 0 spiro atoms. The highest BCUT2D eigenvalue weighted by atomic mass is 15.1. The number of hydrogen-bond acceptors (Lipinski definition) is 1. The topological polar surface area (TPSA) is 3.24 Å². The minimum atomic E-state index is -0.119. The first-order valence-electron chi connectivity index (χ1n) is 20.3. The summed E-state index contributed by atoms with van der Waals surface area (Å²) >= 11 is 0. The van der Waals surface area contributed by atoms with Crippen molar-refractivity contribution in [3.05, 3.63) is 136 Å². The molecule has 0 amide bonds. The lowest BCUT2D eigenvalue weighted by Crippen LogP contribution is -2.34. The molecule has 0 saturated heterocycles. The van der Waals surface area contributed by atoms with Crippen LogP contribution in [0.15, 0.2) is 97.1 Å². The van der Waals surface area contributed by atoms with Gasteiger partial charge in [-0.05, 0) is 139 Å². The Morgan fingerprint density at radius 3 is 1.58 bits per heavy atom. The van der Waals surface area contributed by atoms with E-state index in [4.69, 9.17) is 0 Å². The maximum Gasteiger partial charge on any atom is 0.0543 e. The monoisotopic (exact) mass is 699 g/mol. The predicted octanol–water partition coefficient (Wildman–Crippen LogP) is 15.0. The molecule has 3 aliphatic carbocycles. The van der Waals surface area contributed by atoms with Crippen LogP contribution in [0.1, 0.15) is 154 Å². The Morgan fingerprint density at radius 1 is 0.434 bits per heavy atom. The summed E-state index contributed by atoms with van der Waals surface area (Å²) in [5.74, 6) is 0.354. The zero-order chi connectivity index (χ0) is 37.9. The molecule has 0 N–H and O–H groups in total. The number of hydrogen-bond donors (Lipinski definition) is 0. The van der Waals surface area contributed by atoms with Crippen LogP contribution < -0.4 is 4.90 Å². The van der Waals surface area contributed by atoms with Gasteiger partial charge in [-0.1, -0.05) is 150 Å². The third-order valence-corrected chi connectivity index (χ3v) is 14.0. The van der Waals surface area contributed by atoms with Gasteiger partial charge in [0.15, 0.2) is 0 Å². The van der Waals surface area contributed by atoms with Crippen molar-refractivity contribution in [1.82, 2.24) is 0 Å². The molecule has 0 atom stereocenters. The summed E-state index contributed by atoms with van der Waals surface area (Å²) < 4.78 is 0. The summed E-state index contributed by atoms with van der Waals surface area (Å²) in [6.45, 7) is 29.2. The molecular weight excluding hydrogens is 639 g/mol. The number of benzene rings is 5. The Bertz CT molecular complexity index is 2240. The number of nitrogens with zero attached hydrogens (tertiary/aromatic N) is 1. The molecule has 0 radical (unpaired) electrons. The van der Waals surface area contributed by atoms with E-state index < -0.39 is 0 Å². The Morgan fingerprint density at radius 2 is 0.962 bits per heavy atom. The summed E-state index contributed by atoms with van der Waals surface area (Å²) in [5.41, 5.74) is 19.8. The second kappa shape index (κ2) is 11.9. The van der Waals surface area contributed by atoms with E-state index >= 15 is 0 Å². The lowest BCUT2D eigenvalue weighted by atomic mass is 9.62. The molecule has 1 nitrogen and oxygen atoms in total. The van der Waals surface area contributed by atoms with E-state index in [0.29, 0.717) is 5.92 Å². The second-order valence-electron chi connectivity index (χ2n) is 20.2. The molecule has 0 unspecified atom stereocenters. The fourth-order valence-electron chi connectivity index (χ4n) is 10.2. The highest BCUT2D eigenvalue weighted by Gasteiger charge is 2.41. The number of anilines is 3. The third-order valence-electron chi connectivity index (χ3n) is 14.0. The first-order chi connectivity index (χ1) is 24.8. The van der Waals surface area contributed by atoms with E-state index in [1.807, 2.05) is 0 Å². The molecule has 0 bridgehead atoms. The minimum Gasteiger partial charge on any atom is -0.310 e. The maximum absolute atomic E-state index is 2.64. The Kier molecular flexibility index (Phi) is 8.10. The smallest absolute Gasteiger partial charge is 0.0543 e. The van der Waals surface area contributed by atoms with Crippen LogP contribution >= 0.6 is 0 Å². The standard InChI is InChI=1S/C52H61N/c1-33(2)37-30-44-45(51(9,10)27-26-50(44,7)8)32-46(37)53(35-18-14-13-15-19-35)47-31-42-39(36-20-16-17-21-40(36)52(42,11)12)29-38(47)34-22-23-41-43(28-34)49(5,6)25-24-48(41,3)4/h13-23,28-33H,24-27H2,1-12H3. The summed E-state index contributed by atoms with van der Waals surface area (Å²) in [4.78, 5) is 2.64. The van der Waals surface area contributed by atoms with Gasteiger partial charge in [0.05, 0.1) is 5.69 Å². The van der Waals surface area contributed by atoms with Crippen molar-refractivity contribution >= 4 is 17.1 Å². The van der Waals surface area contributed by atoms with Crippen molar-refractivity contribution in [3.63, 3.8) is 0 Å². The minimum absolute atomic E-state index is 0.0960. The SMILES string of the molecule is CC(C)c1cc2c(cc1N(c1ccccc1)c1cc3c(cc1-c1ccc4c(c1)C(C)(C)CCC4(C)C)-c1ccccc1C3(C)C)C(C)(C)CCC2(C)C. The number of para-hydroxylation sites is 1. The zero-order valence-corrected chi connectivity index (χ0v) is 34.6. The normalized spacial score (nSPS) is 19.6. The molecule has 53 heavy (non-hydrogen) atoms. The molecule has 3 aliphatic rings. The molecule has 8 rings (SSSR count). The third kappa shape index (κ3) is 5.63. The average molecular weight is 700 g/mol. The van der Waals surface area contributed by atoms with Crippen molar-refractivity contribution in [2.24, 2.45) is 0 Å². The Balaban J connectivity index is 1.48. The molecule has 0 fully saturated rings. The molecule has 1 heteroatoms. The van der Waals surface area contributed by atoms with Crippen molar-refractivity contribution in [2.45, 2.75) is 142 Å². The van der Waals surface area contributed by atoms with Crippen LogP contribution in [0.3, 0.4) is 0 Å². The lowest BCUT2D eigenvalue weighted by molar-refractivity contribution is 0.331. The van der Waals surface area contributed by atoms with E-state index in [1.54, 1.807) is 0 Å². The van der Waals surface area contributed by atoms with Crippen molar-refractivity contribution in [3.8, 4) is 22.3 Å². The van der Waals surface area contributed by atoms with Crippen LogP contribution in [0.2, 0.25) is 0 Å². The maximum atomic E-state index is 2.64. The number of fused-ring (bicyclic) bond motifs is 5. The van der Waals surface area contributed by atoms with Gasteiger partial charge in [-0.15, -0.1) is 0 Å². The van der Waals surface area contributed by atoms with Gasteiger partial charge in [-0.2, -0.15) is 0 Å². The van der Waals surface area contributed by atoms with E-state index in [9.17, 15) is 0 Å². The Hall–Kier alpha value is -4.10. The molecule has 0 aromatic heterocycles. The number of rotatable bonds is 5. The van der Waals surface area contributed by atoms with Crippen molar-refractivity contribution in [2.75, 3.05) is 4.90 Å². The molecule has 274 valence electrons. The largest absolute Gasteiger partial charge is 0.310 e. The molecule has 0 saturated carbocycles. The van der Waals surface area contributed by atoms with Crippen LogP contribution in [0.5, 0.6) is 0 Å². The van der Waals surface area contributed by atoms with Crippen LogP contribution in [-0.4, -0.2) is 0 Å². The zero-order valence-electron chi connectivity index (χ0n) is 34.6. The van der Waals surface area contributed by atoms with E-state index in [0.717, 1.165) is 0 Å². The van der Waals surface area contributed by atoms with Gasteiger partial charge in [-0.25, -0.2) is 0 Å². The first kappa shape index (κ1) is 35.9. The van der Waals surface area contributed by atoms with Crippen LogP contribution in [0, 0.1) is 0 Å². The Labute approximate surface area is 320 Å². The molecule has 0 aliphatic heterocycles. The van der Waals surface area contributed by atoms with Crippen LogP contribution in [0.25, 0.3) is 22.3 Å². The average Bonchev–Trinajstić information content (AvgIpc) is 3.34. The highest BCUT2D eigenvalue weighted by Crippen LogP contribution is 2.56.